The van der Waals surface area contributed by atoms with Crippen molar-refractivity contribution < 1.29 is 9.53 Å². The fourth-order valence-corrected chi connectivity index (χ4v) is 2.62. The van der Waals surface area contributed by atoms with Crippen LogP contribution in [0.5, 0.6) is 5.88 Å². The Balaban J connectivity index is 1.61. The molecule has 29 heavy (non-hydrogen) atoms. The van der Waals surface area contributed by atoms with Crippen molar-refractivity contribution in [2.45, 2.75) is 13.8 Å². The molecule has 3 heterocycles. The van der Waals surface area contributed by atoms with E-state index in [0.29, 0.717) is 28.9 Å². The van der Waals surface area contributed by atoms with E-state index in [0.717, 1.165) is 11.1 Å². The summed E-state index contributed by atoms with van der Waals surface area (Å²) in [6.07, 6.45) is 4.68. The first-order valence-electron chi connectivity index (χ1n) is 8.68. The first kappa shape index (κ1) is 18.1. The molecule has 0 spiro atoms. The van der Waals surface area contributed by atoms with Crippen LogP contribution >= 0.6 is 0 Å². The van der Waals surface area contributed by atoms with Crippen LogP contribution in [-0.2, 0) is 4.79 Å². The lowest BCUT2D eigenvalue weighted by Crippen LogP contribution is -2.23. The monoisotopic (exact) mass is 386 g/mol. The number of hydrogen-bond donors (Lipinski definition) is 1. The van der Waals surface area contributed by atoms with Crippen LogP contribution in [0.4, 0.5) is 5.69 Å². The van der Waals surface area contributed by atoms with Crippen molar-refractivity contribution in [2.75, 3.05) is 12.4 Å². The van der Waals surface area contributed by atoms with Gasteiger partial charge in [0.15, 0.2) is 5.65 Å². The lowest BCUT2D eigenvalue weighted by Gasteiger charge is -2.04. The molecule has 3 aromatic rings. The van der Waals surface area contributed by atoms with E-state index in [9.17, 15) is 4.79 Å². The predicted molar refractivity (Wildman–Crippen MR) is 109 cm³/mol. The number of benzene rings is 1. The number of carbonyl (C=O) groups excluding carboxylic acids is 1. The second kappa shape index (κ2) is 7.38. The molecule has 4 rings (SSSR count). The Kier molecular flexibility index (Phi) is 4.61. The predicted octanol–water partition coefficient (Wildman–Crippen LogP) is 0.791. The van der Waals surface area contributed by atoms with Crippen molar-refractivity contribution in [3.8, 4) is 17.7 Å². The van der Waals surface area contributed by atoms with Crippen molar-refractivity contribution in [1.82, 2.24) is 24.3 Å². The molecule has 0 bridgehead atoms. The van der Waals surface area contributed by atoms with Gasteiger partial charge in [0, 0.05) is 11.3 Å². The lowest BCUT2D eigenvalue weighted by molar-refractivity contribution is -0.110. The van der Waals surface area contributed by atoms with Gasteiger partial charge in [0.25, 0.3) is 5.71 Å². The van der Waals surface area contributed by atoms with Crippen LogP contribution in [0.15, 0.2) is 35.6 Å². The van der Waals surface area contributed by atoms with Crippen molar-refractivity contribution in [3.63, 3.8) is 0 Å². The Labute approximate surface area is 165 Å². The highest BCUT2D eigenvalue weighted by Gasteiger charge is 2.23. The SMILES string of the molecule is COc1cn2c(C#Cc3cc(NC(=O)C4=NC(C)=[N+]=C4)ccc3C)nnc2cn1. The molecule has 0 fully saturated rings. The molecule has 0 atom stereocenters. The van der Waals surface area contributed by atoms with Crippen LogP contribution in [0.1, 0.15) is 23.9 Å². The highest BCUT2D eigenvalue weighted by Crippen LogP contribution is 2.15. The lowest BCUT2D eigenvalue weighted by atomic mass is 10.1. The number of amides is 1. The molecule has 2 aromatic heterocycles. The van der Waals surface area contributed by atoms with E-state index < -0.39 is 0 Å². The Hall–Kier alpha value is -4.28. The first-order chi connectivity index (χ1) is 14.0. The number of fused-ring (bicyclic) bond motifs is 1. The maximum absolute atomic E-state index is 12.3. The molecule has 142 valence electrons. The number of hydrogen-bond acceptors (Lipinski definition) is 6. The zero-order valence-electron chi connectivity index (χ0n) is 16.0. The molecule has 1 N–H and O–H groups in total. The number of amidine groups is 1. The number of aromatic nitrogens is 4. The van der Waals surface area contributed by atoms with E-state index >= 15 is 0 Å². The van der Waals surface area contributed by atoms with Gasteiger partial charge in [-0.05, 0) is 35.5 Å². The summed E-state index contributed by atoms with van der Waals surface area (Å²) in [7, 11) is 1.54. The fraction of sp³-hybridized carbons (Fsp3) is 0.150. The number of aliphatic imine (C=N–C) groups is 1. The third-order valence-corrected chi connectivity index (χ3v) is 4.17. The molecule has 0 radical (unpaired) electrons. The van der Waals surface area contributed by atoms with E-state index in [1.807, 2.05) is 19.1 Å². The number of carbonyl (C=O) groups is 1. The van der Waals surface area contributed by atoms with Crippen molar-refractivity contribution >= 4 is 35.0 Å². The van der Waals surface area contributed by atoms with Crippen LogP contribution < -0.4 is 14.7 Å². The largest absolute Gasteiger partial charge is 0.480 e. The number of nitrogens with zero attached hydrogens (tertiary/aromatic N) is 6. The Morgan fingerprint density at radius 1 is 1.24 bits per heavy atom. The number of aryl methyl sites for hydroxylation is 1. The van der Waals surface area contributed by atoms with Crippen LogP contribution in [0.25, 0.3) is 5.65 Å². The van der Waals surface area contributed by atoms with E-state index in [1.54, 1.807) is 29.8 Å². The topological polar surface area (TPSA) is 108 Å². The van der Waals surface area contributed by atoms with Gasteiger partial charge in [-0.25, -0.2) is 9.65 Å². The van der Waals surface area contributed by atoms with E-state index in [1.165, 1.54) is 13.3 Å². The normalized spacial score (nSPS) is 12.2. The fourth-order valence-electron chi connectivity index (χ4n) is 2.62. The van der Waals surface area contributed by atoms with Gasteiger partial charge in [-0.1, -0.05) is 12.0 Å². The van der Waals surface area contributed by atoms with Crippen LogP contribution in [0.2, 0.25) is 0 Å². The summed E-state index contributed by atoms with van der Waals surface area (Å²) >= 11 is 0. The number of rotatable bonds is 3. The van der Waals surface area contributed by atoms with Crippen LogP contribution in [0.3, 0.4) is 0 Å². The van der Waals surface area contributed by atoms with Gasteiger partial charge in [-0.2, -0.15) is 0 Å². The minimum absolute atomic E-state index is 0.271. The van der Waals surface area contributed by atoms with Crippen molar-refractivity contribution in [2.24, 2.45) is 4.99 Å². The highest BCUT2D eigenvalue weighted by molar-refractivity contribution is 6.64. The van der Waals surface area contributed by atoms with Crippen molar-refractivity contribution in [1.29, 1.82) is 0 Å². The van der Waals surface area contributed by atoms with Gasteiger partial charge < -0.3 is 10.1 Å². The molecule has 0 unspecified atom stereocenters. The molecule has 9 nitrogen and oxygen atoms in total. The summed E-state index contributed by atoms with van der Waals surface area (Å²) in [4.78, 5) is 20.5. The molecule has 9 heteroatoms. The first-order valence-corrected chi connectivity index (χ1v) is 8.68. The number of anilines is 1. The smallest absolute Gasteiger partial charge is 0.387 e. The van der Waals surface area contributed by atoms with Gasteiger partial charge in [0.05, 0.1) is 26.4 Å². The standard InChI is InChI=1S/C20H15N7O2/c1-12-4-6-15(24-20(28)16-9-21-13(2)23-16)8-14(12)5-7-17-25-26-18-10-22-19(29-3)11-27(17)18/h4,6,8-11H,1-3H3/p+1. The number of ether oxygens (including phenoxy) is 1. The Morgan fingerprint density at radius 2 is 2.10 bits per heavy atom. The van der Waals surface area contributed by atoms with E-state index in [4.69, 9.17) is 4.74 Å². The zero-order valence-corrected chi connectivity index (χ0v) is 16.0. The summed E-state index contributed by atoms with van der Waals surface area (Å²) in [5, 5.41) is 10.9. The Bertz CT molecular complexity index is 1300. The third kappa shape index (κ3) is 3.74. The quantitative estimate of drug-likeness (QED) is 0.529. The molecule has 0 saturated carbocycles. The van der Waals surface area contributed by atoms with Gasteiger partial charge in [0.1, 0.15) is 0 Å². The molecular formula is C20H16N7O2+. The van der Waals surface area contributed by atoms with E-state index in [-0.39, 0.29) is 11.6 Å². The Morgan fingerprint density at radius 3 is 2.86 bits per heavy atom. The molecule has 1 amide bonds. The molecular weight excluding hydrogens is 370 g/mol. The van der Waals surface area contributed by atoms with Gasteiger partial charge >= 0.3 is 11.7 Å². The zero-order chi connectivity index (χ0) is 20.4. The summed E-state index contributed by atoms with van der Waals surface area (Å²) in [6.45, 7) is 3.67. The van der Waals surface area contributed by atoms with Gasteiger partial charge in [-0.15, -0.1) is 10.2 Å². The molecule has 1 aliphatic rings. The van der Waals surface area contributed by atoms with Crippen molar-refractivity contribution in [3.05, 3.63) is 47.5 Å². The maximum Gasteiger partial charge on any atom is 0.387 e. The second-order valence-corrected chi connectivity index (χ2v) is 6.22. The minimum atomic E-state index is -0.323. The molecule has 1 aromatic carbocycles. The maximum atomic E-state index is 12.3. The molecule has 0 saturated heterocycles. The highest BCUT2D eigenvalue weighted by atomic mass is 16.5. The number of methoxy groups -OCH3 is 1. The summed E-state index contributed by atoms with van der Waals surface area (Å²) in [5.41, 5.74) is 3.17. The molecule has 0 aliphatic carbocycles. The molecule has 1 aliphatic heterocycles. The number of nitrogens with one attached hydrogen (secondary N) is 1. The second-order valence-electron chi connectivity index (χ2n) is 6.22. The summed E-state index contributed by atoms with van der Waals surface area (Å²) in [6, 6.07) is 5.50. The summed E-state index contributed by atoms with van der Waals surface area (Å²) < 4.78 is 10.8. The average molecular weight is 386 g/mol. The third-order valence-electron chi connectivity index (χ3n) is 4.17. The van der Waals surface area contributed by atoms with Gasteiger partial charge in [-0.3, -0.25) is 9.20 Å². The summed E-state index contributed by atoms with van der Waals surface area (Å²) in [5.74, 6) is 7.22. The van der Waals surface area contributed by atoms with E-state index in [2.05, 4.69) is 42.0 Å². The van der Waals surface area contributed by atoms with Crippen LogP contribution in [0, 0.1) is 18.8 Å². The average Bonchev–Trinajstić information content (AvgIpc) is 3.34. The minimum Gasteiger partial charge on any atom is -0.480 e. The van der Waals surface area contributed by atoms with Gasteiger partial charge in [0.2, 0.25) is 17.9 Å². The van der Waals surface area contributed by atoms with Crippen LogP contribution in [-0.4, -0.2) is 50.4 Å².